The van der Waals surface area contributed by atoms with Crippen LogP contribution in [0.5, 0.6) is 0 Å². The van der Waals surface area contributed by atoms with Crippen molar-refractivity contribution < 1.29 is 13.0 Å². The van der Waals surface area contributed by atoms with Crippen molar-refractivity contribution >= 4 is 9.92 Å². The number of halogens is 2. The number of hydrogen-bond donors (Lipinski definition) is 1. The first-order valence-electron chi connectivity index (χ1n) is 4.41. The normalized spacial score (nSPS) is 26.6. The van der Waals surface area contributed by atoms with Crippen LogP contribution in [0.4, 0.5) is 8.78 Å². The number of nitrogens with zero attached hydrogens (tertiary/aromatic N) is 1. The zero-order valence-electron chi connectivity index (χ0n) is 8.64. The van der Waals surface area contributed by atoms with Gasteiger partial charge in [-0.05, 0) is 5.41 Å². The Balaban J connectivity index is 2.62. The van der Waals surface area contributed by atoms with E-state index in [1.165, 1.54) is 0 Å². The quantitative estimate of drug-likeness (QED) is 0.768. The molecule has 0 saturated carbocycles. The maximum Gasteiger partial charge on any atom is 0.275 e. The predicted molar refractivity (Wildman–Crippen MR) is 51.7 cm³/mol. The van der Waals surface area contributed by atoms with Gasteiger partial charge < -0.3 is 0 Å². The molecule has 0 aromatic rings. The smallest absolute Gasteiger partial charge is 0.240 e. The summed E-state index contributed by atoms with van der Waals surface area (Å²) in [6.07, 6.45) is 0. The second kappa shape index (κ2) is 3.13. The molecule has 0 amide bonds. The molecular formula is C8H16F2N2OS. The lowest BCUT2D eigenvalue weighted by molar-refractivity contribution is -0.0936. The van der Waals surface area contributed by atoms with Crippen molar-refractivity contribution in [2.75, 3.05) is 18.8 Å². The van der Waals surface area contributed by atoms with Gasteiger partial charge in [0.05, 0.1) is 18.8 Å². The van der Waals surface area contributed by atoms with Gasteiger partial charge in [-0.3, -0.25) is 0 Å². The van der Waals surface area contributed by atoms with Crippen molar-refractivity contribution in [3.63, 3.8) is 0 Å². The second-order valence-electron chi connectivity index (χ2n) is 5.00. The lowest BCUT2D eigenvalue weighted by Crippen LogP contribution is -2.59. The van der Waals surface area contributed by atoms with E-state index in [1.807, 2.05) is 20.8 Å². The van der Waals surface area contributed by atoms with E-state index in [1.54, 1.807) is 0 Å². The van der Waals surface area contributed by atoms with Crippen molar-refractivity contribution in [2.45, 2.75) is 26.7 Å². The highest BCUT2D eigenvalue weighted by Gasteiger charge is 2.48. The zero-order chi connectivity index (χ0) is 11.2. The van der Waals surface area contributed by atoms with Crippen LogP contribution in [0.25, 0.3) is 0 Å². The highest BCUT2D eigenvalue weighted by molar-refractivity contribution is 7.90. The van der Waals surface area contributed by atoms with Gasteiger partial charge >= 0.3 is 0 Å². The molecule has 1 aliphatic rings. The number of rotatable bonds is 2. The van der Waals surface area contributed by atoms with Gasteiger partial charge in [0, 0.05) is 0 Å². The van der Waals surface area contributed by atoms with Crippen LogP contribution < -0.4 is 0 Å². The molecule has 1 atom stereocenters. The largest absolute Gasteiger partial charge is 0.275 e. The van der Waals surface area contributed by atoms with E-state index >= 15 is 0 Å². The monoisotopic (exact) mass is 226 g/mol. The zero-order valence-corrected chi connectivity index (χ0v) is 9.46. The van der Waals surface area contributed by atoms with Crippen LogP contribution in [0, 0.1) is 10.2 Å². The van der Waals surface area contributed by atoms with Crippen LogP contribution in [0.3, 0.4) is 0 Å². The van der Waals surface area contributed by atoms with Crippen LogP contribution in [0.1, 0.15) is 20.8 Å². The maximum absolute atomic E-state index is 12.5. The average Bonchev–Trinajstić information content (AvgIpc) is 1.76. The van der Waals surface area contributed by atoms with Crippen LogP contribution >= 0.6 is 0 Å². The van der Waals surface area contributed by atoms with Crippen molar-refractivity contribution in [1.82, 2.24) is 4.31 Å². The highest BCUT2D eigenvalue weighted by Crippen LogP contribution is 2.31. The fourth-order valence-electron chi connectivity index (χ4n) is 1.36. The van der Waals surface area contributed by atoms with Gasteiger partial charge in [-0.2, -0.15) is 0 Å². The number of alkyl halides is 2. The fourth-order valence-corrected chi connectivity index (χ4v) is 3.51. The van der Waals surface area contributed by atoms with E-state index in [9.17, 15) is 13.0 Å². The van der Waals surface area contributed by atoms with Gasteiger partial charge in [-0.1, -0.05) is 20.8 Å². The Hall–Kier alpha value is -0.230. The molecule has 1 saturated heterocycles. The predicted octanol–water partition coefficient (Wildman–Crippen LogP) is 1.95. The summed E-state index contributed by atoms with van der Waals surface area (Å²) in [6.45, 7) is 4.47. The highest BCUT2D eigenvalue weighted by atomic mass is 32.2. The Bertz CT molecular complexity index is 311. The molecule has 84 valence electrons. The molecule has 1 N–H and O–H groups in total. The van der Waals surface area contributed by atoms with Gasteiger partial charge in [0.2, 0.25) is 0 Å². The van der Waals surface area contributed by atoms with E-state index in [-0.39, 0.29) is 11.2 Å². The van der Waals surface area contributed by atoms with Crippen LogP contribution in [-0.4, -0.2) is 33.3 Å². The Morgan fingerprint density at radius 3 is 2.14 bits per heavy atom. The molecule has 0 spiro atoms. The van der Waals surface area contributed by atoms with E-state index in [2.05, 4.69) is 0 Å². The molecule has 0 aromatic heterocycles. The second-order valence-corrected chi connectivity index (χ2v) is 7.09. The summed E-state index contributed by atoms with van der Waals surface area (Å²) in [5.41, 5.74) is -0.274. The summed E-state index contributed by atoms with van der Waals surface area (Å²) in [6, 6.07) is 0. The first-order chi connectivity index (χ1) is 6.02. The molecule has 6 heteroatoms. The van der Waals surface area contributed by atoms with E-state index in [4.69, 9.17) is 4.78 Å². The van der Waals surface area contributed by atoms with Crippen LogP contribution in [0.2, 0.25) is 0 Å². The van der Waals surface area contributed by atoms with Gasteiger partial charge in [0.1, 0.15) is 9.92 Å². The number of hydrogen-bond acceptors (Lipinski definition) is 2. The van der Waals surface area contributed by atoms with E-state index in [0.29, 0.717) is 0 Å². The molecule has 0 radical (unpaired) electrons. The molecule has 1 unspecified atom stereocenters. The Kier molecular flexibility index (Phi) is 2.65. The maximum atomic E-state index is 12.5. The minimum absolute atomic E-state index is 0.135. The summed E-state index contributed by atoms with van der Waals surface area (Å²) in [7, 11) is -3.00. The first-order valence-corrected chi connectivity index (χ1v) is 6.10. The summed E-state index contributed by atoms with van der Waals surface area (Å²) < 4.78 is 45.3. The Labute approximate surface area is 83.6 Å². The van der Waals surface area contributed by atoms with E-state index in [0.717, 1.165) is 4.31 Å². The number of nitrogens with one attached hydrogen (secondary N) is 1. The molecular weight excluding hydrogens is 210 g/mol. The molecule has 1 rings (SSSR count). The molecule has 0 bridgehead atoms. The topological polar surface area (TPSA) is 44.2 Å². The lowest BCUT2D eigenvalue weighted by atomic mass is 10.0. The molecule has 0 aromatic carbocycles. The van der Waals surface area contributed by atoms with E-state index < -0.39 is 28.9 Å². The van der Waals surface area contributed by atoms with Crippen LogP contribution in [-0.2, 0) is 9.92 Å². The third kappa shape index (κ3) is 2.88. The van der Waals surface area contributed by atoms with Gasteiger partial charge in [0.25, 0.3) is 5.92 Å². The van der Waals surface area contributed by atoms with Crippen molar-refractivity contribution in [3.8, 4) is 0 Å². The minimum Gasteiger partial charge on any atom is -0.240 e. The van der Waals surface area contributed by atoms with Crippen molar-refractivity contribution in [2.24, 2.45) is 5.41 Å². The first kappa shape index (κ1) is 11.8. The van der Waals surface area contributed by atoms with Gasteiger partial charge in [0.15, 0.2) is 0 Å². The molecule has 1 heterocycles. The Morgan fingerprint density at radius 1 is 1.43 bits per heavy atom. The average molecular weight is 226 g/mol. The fraction of sp³-hybridized carbons (Fsp3) is 1.00. The van der Waals surface area contributed by atoms with Crippen molar-refractivity contribution in [1.29, 1.82) is 4.78 Å². The molecule has 1 fully saturated rings. The van der Waals surface area contributed by atoms with Crippen LogP contribution in [0.15, 0.2) is 0 Å². The third-order valence-electron chi connectivity index (χ3n) is 1.86. The molecule has 3 nitrogen and oxygen atoms in total. The summed E-state index contributed by atoms with van der Waals surface area (Å²) in [5, 5.41) is 0. The SMILES string of the molecule is CC(C)(C)CS(=N)(=O)N1CC(F)(F)C1. The summed E-state index contributed by atoms with van der Waals surface area (Å²) >= 11 is 0. The molecule has 14 heavy (non-hydrogen) atoms. The Morgan fingerprint density at radius 2 is 1.86 bits per heavy atom. The van der Waals surface area contributed by atoms with Gasteiger partial charge in [-0.15, -0.1) is 0 Å². The van der Waals surface area contributed by atoms with Crippen molar-refractivity contribution in [3.05, 3.63) is 0 Å². The minimum atomic E-state index is -3.00. The summed E-state index contributed by atoms with van der Waals surface area (Å²) in [4.78, 5) is 0. The molecule has 1 aliphatic heterocycles. The lowest BCUT2D eigenvalue weighted by Gasteiger charge is -2.40. The molecule has 0 aliphatic carbocycles. The summed E-state index contributed by atoms with van der Waals surface area (Å²) in [5.74, 6) is -2.61. The standard InChI is InChI=1S/C8H16F2N2OS/c1-7(2,3)6-14(11,13)12-4-8(9,10)5-12/h11H,4-6H2,1-3H3. The third-order valence-corrected chi connectivity index (χ3v) is 4.21. The van der Waals surface area contributed by atoms with Gasteiger partial charge in [-0.25, -0.2) is 22.1 Å².